The molecular formula is C21H24ClN3O3S. The normalized spacial score (nSPS) is 13.7. The maximum Gasteiger partial charge on any atom is 0.257 e. The molecule has 1 fully saturated rings. The van der Waals surface area contributed by atoms with Gasteiger partial charge in [0.1, 0.15) is 5.75 Å². The summed E-state index contributed by atoms with van der Waals surface area (Å²) in [6, 6.07) is 12.6. The minimum atomic E-state index is -0.291. The molecule has 2 N–H and O–H groups in total. The number of anilines is 2. The van der Waals surface area contributed by atoms with E-state index in [2.05, 4.69) is 15.5 Å². The lowest BCUT2D eigenvalue weighted by Crippen LogP contribution is -2.36. The van der Waals surface area contributed by atoms with E-state index in [4.69, 9.17) is 33.3 Å². The van der Waals surface area contributed by atoms with Crippen molar-refractivity contribution in [1.82, 2.24) is 5.32 Å². The summed E-state index contributed by atoms with van der Waals surface area (Å²) in [7, 11) is 0. The monoisotopic (exact) mass is 433 g/mol. The molecule has 154 valence electrons. The molecule has 2 aromatic rings. The first-order valence-corrected chi connectivity index (χ1v) is 10.3. The number of ether oxygens (including phenoxy) is 2. The van der Waals surface area contributed by atoms with Gasteiger partial charge in [-0.2, -0.15) is 0 Å². The van der Waals surface area contributed by atoms with E-state index in [9.17, 15) is 4.79 Å². The first-order valence-electron chi connectivity index (χ1n) is 9.54. The van der Waals surface area contributed by atoms with Gasteiger partial charge >= 0.3 is 0 Å². The van der Waals surface area contributed by atoms with Gasteiger partial charge in [-0.25, -0.2) is 0 Å². The Kier molecular flexibility index (Phi) is 7.69. The molecule has 0 aliphatic carbocycles. The van der Waals surface area contributed by atoms with Crippen molar-refractivity contribution in [3.05, 3.63) is 53.1 Å². The van der Waals surface area contributed by atoms with Crippen LogP contribution in [0.4, 0.5) is 11.4 Å². The second kappa shape index (κ2) is 10.4. The fourth-order valence-electron chi connectivity index (χ4n) is 2.91. The Labute approximate surface area is 181 Å². The summed E-state index contributed by atoms with van der Waals surface area (Å²) in [5.74, 6) is 0.444. The predicted molar refractivity (Wildman–Crippen MR) is 120 cm³/mol. The van der Waals surface area contributed by atoms with Crippen LogP contribution in [0.1, 0.15) is 23.7 Å². The lowest BCUT2D eigenvalue weighted by molar-refractivity contribution is 0.0977. The van der Waals surface area contributed by atoms with Crippen LogP contribution in [0, 0.1) is 0 Å². The smallest absolute Gasteiger partial charge is 0.257 e. The molecule has 0 bridgehead atoms. The average molecular weight is 434 g/mol. The van der Waals surface area contributed by atoms with E-state index in [0.29, 0.717) is 36.1 Å². The standard InChI is InChI=1S/C21H24ClN3O3S/c1-2-11-28-17-6-3-15(4-7-17)20(26)24-21(29)23-16-5-8-19(18(22)14-16)25-9-12-27-13-10-25/h3-8,14H,2,9-13H2,1H3,(H2,23,24,26,29). The Balaban J connectivity index is 1.55. The minimum Gasteiger partial charge on any atom is -0.494 e. The van der Waals surface area contributed by atoms with Crippen molar-refractivity contribution >= 4 is 46.2 Å². The SMILES string of the molecule is CCCOc1ccc(C(=O)NC(=S)Nc2ccc(N3CCOCC3)c(Cl)c2)cc1. The van der Waals surface area contributed by atoms with Gasteiger partial charge < -0.3 is 19.7 Å². The molecule has 8 heteroatoms. The van der Waals surface area contributed by atoms with Crippen molar-refractivity contribution < 1.29 is 14.3 Å². The largest absolute Gasteiger partial charge is 0.494 e. The van der Waals surface area contributed by atoms with Gasteiger partial charge in [-0.3, -0.25) is 10.1 Å². The van der Waals surface area contributed by atoms with Gasteiger partial charge in [-0.05, 0) is 61.1 Å². The van der Waals surface area contributed by atoms with Crippen LogP contribution in [0.5, 0.6) is 5.75 Å². The highest BCUT2D eigenvalue weighted by atomic mass is 35.5. The number of morpholine rings is 1. The fourth-order valence-corrected chi connectivity index (χ4v) is 3.42. The highest BCUT2D eigenvalue weighted by Crippen LogP contribution is 2.29. The van der Waals surface area contributed by atoms with Gasteiger partial charge in [-0.15, -0.1) is 0 Å². The number of nitrogens with one attached hydrogen (secondary N) is 2. The topological polar surface area (TPSA) is 62.8 Å². The van der Waals surface area contributed by atoms with E-state index in [0.717, 1.165) is 30.9 Å². The number of hydrogen-bond donors (Lipinski definition) is 2. The van der Waals surface area contributed by atoms with Crippen molar-refractivity contribution in [3.63, 3.8) is 0 Å². The lowest BCUT2D eigenvalue weighted by atomic mass is 10.2. The first-order chi connectivity index (χ1) is 14.1. The summed E-state index contributed by atoms with van der Waals surface area (Å²) in [5, 5.41) is 6.50. The van der Waals surface area contributed by atoms with Crippen LogP contribution in [-0.2, 0) is 4.74 Å². The maximum absolute atomic E-state index is 12.4. The third-order valence-electron chi connectivity index (χ3n) is 4.37. The van der Waals surface area contributed by atoms with Crippen LogP contribution in [-0.4, -0.2) is 43.9 Å². The zero-order valence-corrected chi connectivity index (χ0v) is 17.8. The van der Waals surface area contributed by atoms with Crippen LogP contribution in [0.3, 0.4) is 0 Å². The van der Waals surface area contributed by atoms with Crippen LogP contribution < -0.4 is 20.3 Å². The van der Waals surface area contributed by atoms with E-state index in [1.807, 2.05) is 19.1 Å². The Bertz CT molecular complexity index is 855. The number of nitrogens with zero attached hydrogens (tertiary/aromatic N) is 1. The van der Waals surface area contributed by atoms with E-state index < -0.39 is 0 Å². The van der Waals surface area contributed by atoms with Crippen molar-refractivity contribution in [3.8, 4) is 5.75 Å². The van der Waals surface area contributed by atoms with Crippen LogP contribution >= 0.6 is 23.8 Å². The van der Waals surface area contributed by atoms with Crippen molar-refractivity contribution in [2.24, 2.45) is 0 Å². The van der Waals surface area contributed by atoms with Crippen LogP contribution in [0.2, 0.25) is 5.02 Å². The lowest BCUT2D eigenvalue weighted by Gasteiger charge is -2.29. The molecule has 1 amide bonds. The van der Waals surface area contributed by atoms with E-state index in [1.54, 1.807) is 30.3 Å². The fraction of sp³-hybridized carbons (Fsp3) is 0.333. The predicted octanol–water partition coefficient (Wildman–Crippen LogP) is 4.09. The van der Waals surface area contributed by atoms with E-state index in [-0.39, 0.29) is 11.0 Å². The molecule has 1 saturated heterocycles. The molecule has 0 aromatic heterocycles. The van der Waals surface area contributed by atoms with Gasteiger partial charge in [0, 0.05) is 24.3 Å². The van der Waals surface area contributed by atoms with E-state index in [1.165, 1.54) is 0 Å². The van der Waals surface area contributed by atoms with E-state index >= 15 is 0 Å². The Hall–Kier alpha value is -2.35. The Morgan fingerprint density at radius 1 is 1.21 bits per heavy atom. The number of hydrogen-bond acceptors (Lipinski definition) is 5. The zero-order chi connectivity index (χ0) is 20.6. The molecule has 1 aliphatic heterocycles. The Morgan fingerprint density at radius 3 is 2.59 bits per heavy atom. The number of thiocarbonyl (C=S) groups is 1. The quantitative estimate of drug-likeness (QED) is 0.669. The third-order valence-corrected chi connectivity index (χ3v) is 4.88. The highest BCUT2D eigenvalue weighted by molar-refractivity contribution is 7.80. The second-order valence-corrected chi connectivity index (χ2v) is 7.36. The number of carbonyl (C=O) groups excluding carboxylic acids is 1. The molecule has 0 unspecified atom stereocenters. The molecule has 0 atom stereocenters. The molecule has 0 spiro atoms. The zero-order valence-electron chi connectivity index (χ0n) is 16.2. The summed E-state index contributed by atoms with van der Waals surface area (Å²) in [6.07, 6.45) is 0.930. The number of benzene rings is 2. The number of carbonyl (C=O) groups is 1. The van der Waals surface area contributed by atoms with Gasteiger partial charge in [0.15, 0.2) is 5.11 Å². The number of halogens is 1. The molecule has 0 radical (unpaired) electrons. The van der Waals surface area contributed by atoms with Gasteiger partial charge in [-0.1, -0.05) is 18.5 Å². The van der Waals surface area contributed by atoms with Gasteiger partial charge in [0.05, 0.1) is 30.5 Å². The highest BCUT2D eigenvalue weighted by Gasteiger charge is 2.15. The average Bonchev–Trinajstić information content (AvgIpc) is 2.73. The summed E-state index contributed by atoms with van der Waals surface area (Å²) >= 11 is 11.7. The van der Waals surface area contributed by atoms with Gasteiger partial charge in [0.2, 0.25) is 0 Å². The molecule has 2 aromatic carbocycles. The van der Waals surface area contributed by atoms with Crippen molar-refractivity contribution in [2.45, 2.75) is 13.3 Å². The summed E-state index contributed by atoms with van der Waals surface area (Å²) in [6.45, 7) is 5.69. The number of amides is 1. The Morgan fingerprint density at radius 2 is 1.93 bits per heavy atom. The molecule has 1 aliphatic rings. The van der Waals surface area contributed by atoms with Crippen LogP contribution in [0.25, 0.3) is 0 Å². The maximum atomic E-state index is 12.4. The first kappa shape index (κ1) is 21.4. The van der Waals surface area contributed by atoms with Gasteiger partial charge in [0.25, 0.3) is 5.91 Å². The molecule has 29 heavy (non-hydrogen) atoms. The summed E-state index contributed by atoms with van der Waals surface area (Å²) in [5.41, 5.74) is 2.17. The summed E-state index contributed by atoms with van der Waals surface area (Å²) in [4.78, 5) is 14.6. The molecule has 1 heterocycles. The third kappa shape index (κ3) is 6.06. The van der Waals surface area contributed by atoms with Crippen LogP contribution in [0.15, 0.2) is 42.5 Å². The molecule has 3 rings (SSSR count). The second-order valence-electron chi connectivity index (χ2n) is 6.55. The molecule has 6 nitrogen and oxygen atoms in total. The van der Waals surface area contributed by atoms with Crippen molar-refractivity contribution in [2.75, 3.05) is 43.1 Å². The molecule has 0 saturated carbocycles. The van der Waals surface area contributed by atoms with Crippen molar-refractivity contribution in [1.29, 1.82) is 0 Å². The molecular weight excluding hydrogens is 410 g/mol. The minimum absolute atomic E-state index is 0.205. The number of rotatable bonds is 6. The summed E-state index contributed by atoms with van der Waals surface area (Å²) < 4.78 is 10.9.